The highest BCUT2D eigenvalue weighted by Crippen LogP contribution is 2.48. The first-order valence-electron chi connectivity index (χ1n) is 8.29. The molecule has 0 amide bonds. The number of benzene rings is 1. The van der Waals surface area contributed by atoms with Crippen LogP contribution in [0.2, 0.25) is 0 Å². The maximum Gasteiger partial charge on any atom is 0.270 e. The molecule has 22 heavy (non-hydrogen) atoms. The molecule has 124 valence electrons. The van der Waals surface area contributed by atoms with Crippen molar-refractivity contribution >= 4 is 0 Å². The lowest BCUT2D eigenvalue weighted by Gasteiger charge is -2.45. The van der Waals surface area contributed by atoms with Gasteiger partial charge in [0, 0.05) is 12.5 Å². The average Bonchev–Trinajstić information content (AvgIpc) is 2.33. The molecule has 0 bridgehead atoms. The minimum absolute atomic E-state index is 0.187. The molecule has 1 saturated carbocycles. The second-order valence-electron chi connectivity index (χ2n) is 7.67. The molecule has 2 rings (SSSR count). The molecule has 0 nitrogen and oxygen atoms in total. The van der Waals surface area contributed by atoms with Gasteiger partial charge in [0.15, 0.2) is 0 Å². The van der Waals surface area contributed by atoms with Crippen LogP contribution >= 0.6 is 0 Å². The van der Waals surface area contributed by atoms with Gasteiger partial charge in [0.05, 0.1) is 0 Å². The lowest BCUT2D eigenvalue weighted by Crippen LogP contribution is -2.35. The third-order valence-electron chi connectivity index (χ3n) is 5.44. The van der Waals surface area contributed by atoms with Gasteiger partial charge in [-0.25, -0.2) is 13.2 Å². The van der Waals surface area contributed by atoms with Crippen LogP contribution in [0.1, 0.15) is 64.5 Å². The second kappa shape index (κ2) is 6.25. The highest BCUT2D eigenvalue weighted by atomic mass is 19.3. The highest BCUT2D eigenvalue weighted by molar-refractivity contribution is 5.27. The first-order chi connectivity index (χ1) is 10.1. The molecule has 0 atom stereocenters. The molecule has 0 radical (unpaired) electrons. The third kappa shape index (κ3) is 4.05. The molecule has 0 spiro atoms. The summed E-state index contributed by atoms with van der Waals surface area (Å²) in [6, 6.07) is 3.78. The van der Waals surface area contributed by atoms with E-state index in [9.17, 15) is 13.2 Å². The molecule has 0 N–H and O–H groups in total. The van der Waals surface area contributed by atoms with Gasteiger partial charge in [0.1, 0.15) is 5.82 Å². The van der Waals surface area contributed by atoms with Crippen LogP contribution in [-0.4, -0.2) is 0 Å². The van der Waals surface area contributed by atoms with Crippen molar-refractivity contribution in [1.82, 2.24) is 0 Å². The van der Waals surface area contributed by atoms with Crippen LogP contribution in [0.25, 0.3) is 0 Å². The average molecular weight is 312 g/mol. The van der Waals surface area contributed by atoms with Crippen molar-refractivity contribution in [1.29, 1.82) is 0 Å². The number of alkyl halides is 2. The van der Waals surface area contributed by atoms with Crippen LogP contribution in [0, 0.1) is 23.1 Å². The predicted molar refractivity (Wildman–Crippen MR) is 84.6 cm³/mol. The summed E-state index contributed by atoms with van der Waals surface area (Å²) in [6.07, 6.45) is 5.34. The molecule has 0 heterocycles. The van der Waals surface area contributed by atoms with Crippen LogP contribution in [0.3, 0.4) is 0 Å². The lowest BCUT2D eigenvalue weighted by molar-refractivity contribution is 0.0170. The van der Waals surface area contributed by atoms with Gasteiger partial charge in [-0.15, -0.1) is 0 Å². The van der Waals surface area contributed by atoms with E-state index in [1.165, 1.54) is 31.4 Å². The Morgan fingerprint density at radius 3 is 2.27 bits per heavy atom. The van der Waals surface area contributed by atoms with Gasteiger partial charge in [0.25, 0.3) is 5.92 Å². The first kappa shape index (κ1) is 17.4. The predicted octanol–water partition coefficient (Wildman–Crippen LogP) is 6.33. The van der Waals surface area contributed by atoms with E-state index >= 15 is 0 Å². The molecule has 0 aliphatic heterocycles. The normalized spacial score (nSPS) is 22.5. The van der Waals surface area contributed by atoms with Gasteiger partial charge in [0.2, 0.25) is 0 Å². The molecular weight excluding hydrogens is 285 g/mol. The largest absolute Gasteiger partial charge is 0.270 e. The summed E-state index contributed by atoms with van der Waals surface area (Å²) in [5, 5.41) is 0. The van der Waals surface area contributed by atoms with Crippen molar-refractivity contribution in [3.05, 3.63) is 35.1 Å². The van der Waals surface area contributed by atoms with E-state index in [4.69, 9.17) is 0 Å². The summed E-state index contributed by atoms with van der Waals surface area (Å²) in [5.41, 5.74) is 0.637. The second-order valence-corrected chi connectivity index (χ2v) is 7.67. The SMILES string of the molecule is CCC1CC(C(C)(C)CCc2cc(F)cc(C(C)(F)F)c2)C1. The van der Waals surface area contributed by atoms with Gasteiger partial charge in [-0.05, 0) is 66.7 Å². The van der Waals surface area contributed by atoms with E-state index in [1.807, 2.05) is 0 Å². The molecule has 1 aliphatic rings. The molecule has 0 saturated heterocycles. The Bertz CT molecular complexity index is 508. The molecule has 0 unspecified atom stereocenters. The van der Waals surface area contributed by atoms with Crippen molar-refractivity contribution in [2.75, 3.05) is 0 Å². The van der Waals surface area contributed by atoms with Crippen molar-refractivity contribution in [2.45, 2.75) is 65.7 Å². The van der Waals surface area contributed by atoms with E-state index in [2.05, 4.69) is 20.8 Å². The summed E-state index contributed by atoms with van der Waals surface area (Å²) in [5.74, 6) is -2.00. The summed E-state index contributed by atoms with van der Waals surface area (Å²) in [7, 11) is 0. The zero-order valence-electron chi connectivity index (χ0n) is 14.1. The fourth-order valence-corrected chi connectivity index (χ4v) is 3.43. The minimum Gasteiger partial charge on any atom is -0.207 e. The quantitative estimate of drug-likeness (QED) is 0.575. The Hall–Kier alpha value is -0.990. The van der Waals surface area contributed by atoms with E-state index < -0.39 is 11.7 Å². The molecule has 1 aliphatic carbocycles. The highest BCUT2D eigenvalue weighted by Gasteiger charge is 2.38. The first-order valence-corrected chi connectivity index (χ1v) is 8.29. The maximum atomic E-state index is 13.6. The Kier molecular flexibility index (Phi) is 4.93. The van der Waals surface area contributed by atoms with Crippen molar-refractivity contribution in [2.24, 2.45) is 17.3 Å². The minimum atomic E-state index is -2.99. The Morgan fingerprint density at radius 2 is 1.73 bits per heavy atom. The van der Waals surface area contributed by atoms with Crippen LogP contribution in [-0.2, 0) is 12.3 Å². The maximum absolute atomic E-state index is 13.6. The van der Waals surface area contributed by atoms with Gasteiger partial charge in [-0.2, -0.15) is 0 Å². The number of rotatable bonds is 6. The van der Waals surface area contributed by atoms with Crippen LogP contribution in [0.5, 0.6) is 0 Å². The summed E-state index contributed by atoms with van der Waals surface area (Å²) >= 11 is 0. The molecule has 0 aromatic heterocycles. The summed E-state index contributed by atoms with van der Waals surface area (Å²) in [4.78, 5) is 0. The topological polar surface area (TPSA) is 0 Å². The summed E-state index contributed by atoms with van der Waals surface area (Å²) < 4.78 is 40.4. The van der Waals surface area contributed by atoms with Crippen LogP contribution in [0.4, 0.5) is 13.2 Å². The Labute approximate surface area is 132 Å². The summed E-state index contributed by atoms with van der Waals surface area (Å²) in [6.45, 7) is 7.54. The Morgan fingerprint density at radius 1 is 1.09 bits per heavy atom. The number of halogens is 3. The zero-order valence-corrected chi connectivity index (χ0v) is 14.1. The van der Waals surface area contributed by atoms with Crippen molar-refractivity contribution < 1.29 is 13.2 Å². The molecular formula is C19H27F3. The van der Waals surface area contributed by atoms with Crippen molar-refractivity contribution in [3.63, 3.8) is 0 Å². The molecule has 1 aromatic rings. The fraction of sp³-hybridized carbons (Fsp3) is 0.684. The van der Waals surface area contributed by atoms with Crippen LogP contribution < -0.4 is 0 Å². The van der Waals surface area contributed by atoms with Crippen molar-refractivity contribution in [3.8, 4) is 0 Å². The van der Waals surface area contributed by atoms with Gasteiger partial charge >= 0.3 is 0 Å². The lowest BCUT2D eigenvalue weighted by atomic mass is 9.60. The molecule has 1 fully saturated rings. The molecule has 1 aromatic carbocycles. The van der Waals surface area contributed by atoms with E-state index in [0.29, 0.717) is 17.9 Å². The van der Waals surface area contributed by atoms with E-state index in [0.717, 1.165) is 25.3 Å². The monoisotopic (exact) mass is 312 g/mol. The fourth-order valence-electron chi connectivity index (χ4n) is 3.43. The van der Waals surface area contributed by atoms with Gasteiger partial charge in [-0.3, -0.25) is 0 Å². The standard InChI is InChI=1S/C19H27F3/c1-5-13-8-15(9-13)18(2,3)7-6-14-10-16(19(4,21)22)12-17(20)11-14/h10-13,15H,5-9H2,1-4H3. The van der Waals surface area contributed by atoms with E-state index in [1.54, 1.807) is 0 Å². The smallest absolute Gasteiger partial charge is 0.207 e. The van der Waals surface area contributed by atoms with E-state index in [-0.39, 0.29) is 11.0 Å². The van der Waals surface area contributed by atoms with Gasteiger partial charge in [-0.1, -0.05) is 27.2 Å². The van der Waals surface area contributed by atoms with Crippen LogP contribution in [0.15, 0.2) is 18.2 Å². The number of hydrogen-bond donors (Lipinski definition) is 0. The number of aryl methyl sites for hydroxylation is 1. The number of hydrogen-bond acceptors (Lipinski definition) is 0. The van der Waals surface area contributed by atoms with Gasteiger partial charge < -0.3 is 0 Å². The zero-order chi connectivity index (χ0) is 16.5. The Balaban J connectivity index is 2.01. The molecule has 3 heteroatoms. The third-order valence-corrected chi connectivity index (χ3v) is 5.44.